The lowest BCUT2D eigenvalue weighted by Crippen LogP contribution is -2.63. The van der Waals surface area contributed by atoms with Crippen LogP contribution in [0.3, 0.4) is 0 Å². The number of nitrogens with two attached hydrogens (primary N) is 3. The van der Waals surface area contributed by atoms with Gasteiger partial charge >= 0.3 is 7.12 Å². The van der Waals surface area contributed by atoms with Gasteiger partial charge in [-0.3, -0.25) is 24.0 Å². The molecule has 1 fully saturated rings. The molecule has 17 nitrogen and oxygen atoms in total. The van der Waals surface area contributed by atoms with Crippen LogP contribution in [0.2, 0.25) is 5.02 Å². The van der Waals surface area contributed by atoms with Gasteiger partial charge in [0.05, 0.1) is 12.0 Å². The Balaban J connectivity index is 1.58. The molecule has 290 valence electrons. The van der Waals surface area contributed by atoms with Crippen LogP contribution in [0, 0.1) is 0 Å². The van der Waals surface area contributed by atoms with Crippen LogP contribution in [0.5, 0.6) is 0 Å². The molecule has 1 aliphatic heterocycles. The van der Waals surface area contributed by atoms with Crippen molar-refractivity contribution in [3.8, 4) is 11.1 Å². The molecule has 0 radical (unpaired) electrons. The smallest absolute Gasteiger partial charge is 0.409 e. The van der Waals surface area contributed by atoms with Crippen LogP contribution in [-0.2, 0) is 28.5 Å². The molecule has 0 bridgehead atoms. The summed E-state index contributed by atoms with van der Waals surface area (Å²) in [6.07, 6.45) is -1.79. The predicted octanol–water partition coefficient (Wildman–Crippen LogP) is -1.89. The van der Waals surface area contributed by atoms with Crippen LogP contribution in [0.1, 0.15) is 43.5 Å². The SMILES string of the molecule is C[C@H](NC(=O)[C@H](CCCCN)NC(=O)[C@H](N)NC(=O)[C@@H](NC(=O)[C@H](CN)NC(=O)c1ccc(-c2ccc(Cl)cc2)cc1)[C@@H](C)O)B1OCCNCCO1. The first-order valence-corrected chi connectivity index (χ1v) is 17.9. The van der Waals surface area contributed by atoms with Gasteiger partial charge in [0.1, 0.15) is 18.1 Å². The number of aliphatic hydroxyl groups is 1. The van der Waals surface area contributed by atoms with E-state index in [9.17, 15) is 29.1 Å². The second kappa shape index (κ2) is 22.2. The highest BCUT2D eigenvalue weighted by molar-refractivity contribution is 6.46. The van der Waals surface area contributed by atoms with Gasteiger partial charge in [-0.2, -0.15) is 0 Å². The van der Waals surface area contributed by atoms with Gasteiger partial charge in [0, 0.05) is 43.4 Å². The van der Waals surface area contributed by atoms with E-state index in [0.717, 1.165) is 11.1 Å². The number of carbonyl (C=O) groups is 5. The highest BCUT2D eigenvalue weighted by atomic mass is 35.5. The standard InChI is InChI=1S/C34H51BClN9O8/c1-20(46)28(44-32(49)27(19-38)43-30(47)24-8-6-22(7-9-24)23-10-12-25(36)13-11-23)33(50)45-29(39)34(51)42-26(5-3-4-14-37)31(48)41-21(2)35-52-17-15-40-16-18-53-35/h6-13,20-21,26-29,40,46H,3-5,14-19,37-39H2,1-2H3,(H,41,48)(H,42,51)(H,43,47)(H,44,49)(H,45,50)/t20-,21+,26+,27+,28+,29-/m1/s1. The van der Waals surface area contributed by atoms with E-state index in [-0.39, 0.29) is 18.5 Å². The van der Waals surface area contributed by atoms with E-state index >= 15 is 0 Å². The molecular weight excluding hydrogens is 709 g/mol. The van der Waals surface area contributed by atoms with E-state index in [1.807, 2.05) is 12.1 Å². The second-order valence-electron chi connectivity index (χ2n) is 12.6. The van der Waals surface area contributed by atoms with E-state index < -0.39 is 73.0 Å². The number of amides is 5. The van der Waals surface area contributed by atoms with Gasteiger partial charge in [-0.25, -0.2) is 0 Å². The van der Waals surface area contributed by atoms with E-state index in [1.54, 1.807) is 43.3 Å². The minimum absolute atomic E-state index is 0.226. The lowest BCUT2D eigenvalue weighted by atomic mass is 9.79. The fraction of sp³-hybridized carbons (Fsp3) is 0.500. The number of aliphatic hydroxyl groups excluding tert-OH is 1. The van der Waals surface area contributed by atoms with Crippen molar-refractivity contribution < 1.29 is 38.4 Å². The summed E-state index contributed by atoms with van der Waals surface area (Å²) in [6, 6.07) is 9.90. The number of nitrogens with one attached hydrogen (secondary N) is 6. The van der Waals surface area contributed by atoms with E-state index in [2.05, 4.69) is 31.9 Å². The monoisotopic (exact) mass is 759 g/mol. The van der Waals surface area contributed by atoms with Gasteiger partial charge in [0.25, 0.3) is 11.8 Å². The van der Waals surface area contributed by atoms with Crippen LogP contribution in [-0.4, -0.2) is 117 Å². The van der Waals surface area contributed by atoms with Gasteiger partial charge in [-0.1, -0.05) is 35.9 Å². The van der Waals surface area contributed by atoms with Crippen molar-refractivity contribution in [2.24, 2.45) is 17.2 Å². The quantitative estimate of drug-likeness (QED) is 0.0454. The maximum absolute atomic E-state index is 13.3. The Morgan fingerprint density at radius 3 is 1.94 bits per heavy atom. The molecule has 0 spiro atoms. The van der Waals surface area contributed by atoms with Crippen molar-refractivity contribution >= 4 is 48.3 Å². The zero-order valence-electron chi connectivity index (χ0n) is 29.9. The fourth-order valence-corrected chi connectivity index (χ4v) is 5.40. The maximum Gasteiger partial charge on any atom is 0.480 e. The Morgan fingerprint density at radius 1 is 0.792 bits per heavy atom. The summed E-state index contributed by atoms with van der Waals surface area (Å²) >= 11 is 5.96. The number of benzene rings is 2. The van der Waals surface area contributed by atoms with Crippen LogP contribution in [0.15, 0.2) is 48.5 Å². The summed E-state index contributed by atoms with van der Waals surface area (Å²) in [5.74, 6) is -4.43. The van der Waals surface area contributed by atoms with Crippen LogP contribution in [0.4, 0.5) is 0 Å². The van der Waals surface area contributed by atoms with Gasteiger partial charge in [0.2, 0.25) is 17.7 Å². The molecule has 0 unspecified atom stereocenters. The number of carbonyl (C=O) groups excluding carboxylic acids is 5. The summed E-state index contributed by atoms with van der Waals surface area (Å²) in [7, 11) is -0.699. The maximum atomic E-state index is 13.3. The molecule has 0 saturated carbocycles. The highest BCUT2D eigenvalue weighted by Gasteiger charge is 2.34. The Bertz CT molecular complexity index is 1500. The molecule has 0 aromatic heterocycles. The molecule has 19 heteroatoms. The number of rotatable bonds is 18. The van der Waals surface area contributed by atoms with E-state index in [0.29, 0.717) is 50.7 Å². The summed E-state index contributed by atoms with van der Waals surface area (Å²) in [5, 5.41) is 26.6. The summed E-state index contributed by atoms with van der Waals surface area (Å²) in [5.41, 5.74) is 19.4. The molecule has 53 heavy (non-hydrogen) atoms. The van der Waals surface area contributed by atoms with Crippen molar-refractivity contribution in [2.75, 3.05) is 39.4 Å². The minimum Gasteiger partial charge on any atom is -0.409 e. The lowest BCUT2D eigenvalue weighted by molar-refractivity contribution is -0.135. The highest BCUT2D eigenvalue weighted by Crippen LogP contribution is 2.22. The van der Waals surface area contributed by atoms with E-state index in [1.165, 1.54) is 6.92 Å². The van der Waals surface area contributed by atoms with Gasteiger partial charge in [-0.15, -0.1) is 0 Å². The van der Waals surface area contributed by atoms with E-state index in [4.69, 9.17) is 38.1 Å². The van der Waals surface area contributed by atoms with Crippen LogP contribution in [0.25, 0.3) is 11.1 Å². The first-order chi connectivity index (χ1) is 25.3. The number of halogens is 1. The molecule has 2 aromatic rings. The molecule has 5 amide bonds. The molecule has 3 rings (SSSR count). The molecular formula is C34H51BClN9O8. The third kappa shape index (κ3) is 14.0. The van der Waals surface area contributed by atoms with Crippen molar-refractivity contribution in [2.45, 2.75) is 69.4 Å². The largest absolute Gasteiger partial charge is 0.480 e. The Morgan fingerprint density at radius 2 is 1.38 bits per heavy atom. The second-order valence-corrected chi connectivity index (χ2v) is 13.0. The Kier molecular flexibility index (Phi) is 18.1. The normalized spacial score (nSPS) is 16.7. The molecule has 2 aromatic carbocycles. The Hall–Kier alpha value is -4.14. The zero-order chi connectivity index (χ0) is 38.9. The molecule has 6 atom stereocenters. The molecule has 0 aliphatic carbocycles. The van der Waals surface area contributed by atoms with Crippen molar-refractivity contribution in [3.05, 3.63) is 59.1 Å². The minimum atomic E-state index is -1.67. The molecule has 1 heterocycles. The first kappa shape index (κ1) is 43.3. The third-order valence-corrected chi connectivity index (χ3v) is 8.56. The molecule has 1 aliphatic rings. The summed E-state index contributed by atoms with van der Waals surface area (Å²) in [4.78, 5) is 65.6. The molecule has 13 N–H and O–H groups in total. The third-order valence-electron chi connectivity index (χ3n) is 8.31. The lowest BCUT2D eigenvalue weighted by Gasteiger charge is -2.27. The van der Waals surface area contributed by atoms with Gasteiger partial charge in [0.15, 0.2) is 6.17 Å². The number of hydrogen-bond acceptors (Lipinski definition) is 12. The summed E-state index contributed by atoms with van der Waals surface area (Å²) in [6.45, 7) is 5.03. The van der Waals surface area contributed by atoms with Crippen molar-refractivity contribution in [1.82, 2.24) is 31.9 Å². The average Bonchev–Trinajstić information content (AvgIpc) is 3.12. The predicted molar refractivity (Wildman–Crippen MR) is 200 cm³/mol. The topological polar surface area (TPSA) is 274 Å². The van der Waals surface area contributed by atoms with Crippen LogP contribution < -0.4 is 49.1 Å². The number of hydrogen-bond donors (Lipinski definition) is 10. The fourth-order valence-electron chi connectivity index (χ4n) is 5.27. The number of unbranched alkanes of at least 4 members (excludes halogenated alkanes) is 1. The van der Waals surface area contributed by atoms with Crippen molar-refractivity contribution in [3.63, 3.8) is 0 Å². The summed E-state index contributed by atoms with van der Waals surface area (Å²) < 4.78 is 11.4. The Labute approximate surface area is 314 Å². The van der Waals surface area contributed by atoms with Gasteiger partial charge in [-0.05, 0) is 75.0 Å². The molecule has 1 saturated heterocycles. The van der Waals surface area contributed by atoms with Crippen molar-refractivity contribution in [1.29, 1.82) is 0 Å². The van der Waals surface area contributed by atoms with Crippen LogP contribution >= 0.6 is 11.6 Å². The average molecular weight is 760 g/mol. The first-order valence-electron chi connectivity index (χ1n) is 17.5. The van der Waals surface area contributed by atoms with Gasteiger partial charge < -0.3 is 63.5 Å². The zero-order valence-corrected chi connectivity index (χ0v) is 30.7.